The number of hydrogen-bond acceptors (Lipinski definition) is 0. The molecule has 0 saturated carbocycles. The molecule has 0 nitrogen and oxygen atoms in total. The second-order valence-electron chi connectivity index (χ2n) is 7.17. The van der Waals surface area contributed by atoms with Crippen LogP contribution in [0.25, 0.3) is 0 Å². The van der Waals surface area contributed by atoms with Crippen LogP contribution in [0.4, 0.5) is 0 Å². The van der Waals surface area contributed by atoms with Gasteiger partial charge in [-0.15, -0.1) is 0 Å². The van der Waals surface area contributed by atoms with Gasteiger partial charge in [-0.2, -0.15) is 19.0 Å². The molecule has 0 fully saturated rings. The Bertz CT molecular complexity index is 126. The van der Waals surface area contributed by atoms with Gasteiger partial charge in [0.05, 0.1) is 0 Å². The Labute approximate surface area is 154 Å². The molecule has 0 bridgehead atoms. The van der Waals surface area contributed by atoms with Gasteiger partial charge >= 0.3 is 51.4 Å². The van der Waals surface area contributed by atoms with Gasteiger partial charge in [-0.05, 0) is 6.71 Å². The molecule has 0 aliphatic heterocycles. The van der Waals surface area contributed by atoms with Crippen LogP contribution in [0, 0.1) is 17.8 Å². The van der Waals surface area contributed by atoms with Crippen molar-refractivity contribution in [1.29, 1.82) is 0 Å². The average Bonchev–Trinajstić information content (AvgIpc) is 2.15. The van der Waals surface area contributed by atoms with E-state index in [0.717, 1.165) is 17.8 Å². The van der Waals surface area contributed by atoms with Crippen molar-refractivity contribution < 1.29 is 51.4 Å². The van der Waals surface area contributed by atoms with E-state index in [4.69, 9.17) is 0 Å². The summed E-state index contributed by atoms with van der Waals surface area (Å²) in [4.78, 5) is 0. The molecule has 0 saturated heterocycles. The zero-order valence-electron chi connectivity index (χ0n) is 13.7. The minimum Gasteiger partial charge on any atom is -0.181 e. The molecule has 0 atom stereocenters. The summed E-state index contributed by atoms with van der Waals surface area (Å²) in [6, 6.07) is 0. The minimum absolute atomic E-state index is 0. The second kappa shape index (κ2) is 12.7. The van der Waals surface area contributed by atoms with Gasteiger partial charge < -0.3 is 0 Å². The average molecular weight is 264 g/mol. The maximum atomic E-state index is 2.36. The van der Waals surface area contributed by atoms with Gasteiger partial charge in [0.25, 0.3) is 0 Å². The first kappa shape index (κ1) is 21.0. The number of hydrogen-bond donors (Lipinski definition) is 0. The predicted molar refractivity (Wildman–Crippen MR) is 79.9 cm³/mol. The Morgan fingerprint density at radius 3 is 1.00 bits per heavy atom. The molecule has 0 spiro atoms. The van der Waals surface area contributed by atoms with E-state index >= 15 is 0 Å². The molecular formula is C15H34BK. The van der Waals surface area contributed by atoms with Gasteiger partial charge in [-0.3, -0.25) is 0 Å². The smallest absolute Gasteiger partial charge is 0.181 e. The van der Waals surface area contributed by atoms with Crippen LogP contribution in [0.2, 0.25) is 19.0 Å². The Balaban J connectivity index is 0. The molecule has 0 unspecified atom stereocenters. The molecular weight excluding hydrogens is 230 g/mol. The maximum absolute atomic E-state index is 2.36. The summed E-state index contributed by atoms with van der Waals surface area (Å²) in [5.74, 6) is 2.69. The van der Waals surface area contributed by atoms with Crippen LogP contribution in [0.5, 0.6) is 0 Å². The Kier molecular flexibility index (Phi) is 15.7. The molecule has 2 heteroatoms. The predicted octanol–water partition coefficient (Wildman–Crippen LogP) is 2.36. The third kappa shape index (κ3) is 15.6. The fourth-order valence-corrected chi connectivity index (χ4v) is 2.62. The Morgan fingerprint density at radius 2 is 0.824 bits per heavy atom. The fraction of sp³-hybridized carbons (Fsp3) is 1.00. The van der Waals surface area contributed by atoms with E-state index in [-0.39, 0.29) is 58.1 Å². The van der Waals surface area contributed by atoms with Crippen molar-refractivity contribution >= 4 is 6.71 Å². The first-order valence-electron chi connectivity index (χ1n) is 7.69. The molecule has 98 valence electrons. The monoisotopic (exact) mass is 264 g/mol. The summed E-state index contributed by atoms with van der Waals surface area (Å²) in [6.07, 6.45) is 8.98. The molecule has 0 heterocycles. The number of rotatable bonds is 9. The van der Waals surface area contributed by atoms with E-state index in [1.54, 1.807) is 0 Å². The molecule has 0 aliphatic carbocycles. The zero-order valence-corrected chi connectivity index (χ0v) is 16.8. The van der Waals surface area contributed by atoms with Crippen LogP contribution in [-0.4, -0.2) is 6.71 Å². The summed E-state index contributed by atoms with van der Waals surface area (Å²) in [7, 11) is 0. The molecule has 0 aliphatic rings. The van der Waals surface area contributed by atoms with Crippen LogP contribution in [-0.2, 0) is 0 Å². The van der Waals surface area contributed by atoms with Crippen LogP contribution in [0.15, 0.2) is 0 Å². The van der Waals surface area contributed by atoms with E-state index in [2.05, 4.69) is 41.5 Å². The SMILES string of the molecule is CC(C)CC[BH-](CCC(C)C)CCC(C)C.[K+]. The van der Waals surface area contributed by atoms with Crippen molar-refractivity contribution in [3.8, 4) is 0 Å². The first-order chi connectivity index (χ1) is 7.41. The summed E-state index contributed by atoms with van der Waals surface area (Å²) in [5.41, 5.74) is 0. The van der Waals surface area contributed by atoms with Crippen LogP contribution in [0.1, 0.15) is 60.8 Å². The second-order valence-corrected chi connectivity index (χ2v) is 7.17. The van der Waals surface area contributed by atoms with Gasteiger partial charge in [0.2, 0.25) is 0 Å². The van der Waals surface area contributed by atoms with Crippen molar-refractivity contribution in [2.45, 2.75) is 79.8 Å². The van der Waals surface area contributed by atoms with E-state index in [0.29, 0.717) is 0 Å². The summed E-state index contributed by atoms with van der Waals surface area (Å²) < 4.78 is 0. The molecule has 0 N–H and O–H groups in total. The quantitative estimate of drug-likeness (QED) is 0.561. The third-order valence-electron chi connectivity index (χ3n) is 3.84. The Hall–Kier alpha value is 1.70. The molecule has 0 radical (unpaired) electrons. The normalized spacial score (nSPS) is 11.6. The fourth-order valence-electron chi connectivity index (χ4n) is 2.62. The molecule has 17 heavy (non-hydrogen) atoms. The zero-order chi connectivity index (χ0) is 12.6. The minimum atomic E-state index is 0. The topological polar surface area (TPSA) is 0 Å². The summed E-state index contributed by atoms with van der Waals surface area (Å²) in [5, 5.41) is 0. The van der Waals surface area contributed by atoms with Crippen molar-refractivity contribution in [2.24, 2.45) is 17.8 Å². The van der Waals surface area contributed by atoms with Crippen molar-refractivity contribution in [1.82, 2.24) is 0 Å². The molecule has 0 aromatic rings. The molecule has 0 aromatic carbocycles. The van der Waals surface area contributed by atoms with E-state index in [9.17, 15) is 0 Å². The van der Waals surface area contributed by atoms with Gasteiger partial charge in [0.15, 0.2) is 0 Å². The van der Waals surface area contributed by atoms with Crippen LogP contribution >= 0.6 is 0 Å². The Morgan fingerprint density at radius 1 is 0.588 bits per heavy atom. The van der Waals surface area contributed by atoms with Crippen LogP contribution < -0.4 is 51.4 Å². The third-order valence-corrected chi connectivity index (χ3v) is 3.84. The van der Waals surface area contributed by atoms with Crippen LogP contribution in [0.3, 0.4) is 0 Å². The van der Waals surface area contributed by atoms with Crippen molar-refractivity contribution in [3.63, 3.8) is 0 Å². The molecule has 0 aromatic heterocycles. The first-order valence-corrected chi connectivity index (χ1v) is 7.69. The maximum Gasteiger partial charge on any atom is 1.00 e. The molecule has 0 amide bonds. The largest absolute Gasteiger partial charge is 1.00 e. The summed E-state index contributed by atoms with van der Waals surface area (Å²) >= 11 is 0. The molecule has 0 rings (SSSR count). The van der Waals surface area contributed by atoms with Crippen molar-refractivity contribution in [2.75, 3.05) is 0 Å². The van der Waals surface area contributed by atoms with Gasteiger partial charge in [-0.25, -0.2) is 0 Å². The van der Waals surface area contributed by atoms with E-state index in [1.807, 2.05) is 0 Å². The standard InChI is InChI=1S/C15H34B.K/c1-13(2)7-10-16(11-8-14(3)4)12-9-15(5)6;/h13-16H,7-12H2,1-6H3;/q-1;+1. The summed E-state index contributed by atoms with van der Waals surface area (Å²) in [6.45, 7) is 14.3. The van der Waals surface area contributed by atoms with Gasteiger partial charge in [0, 0.05) is 0 Å². The van der Waals surface area contributed by atoms with Crippen molar-refractivity contribution in [3.05, 3.63) is 0 Å². The van der Waals surface area contributed by atoms with E-state index < -0.39 is 0 Å². The van der Waals surface area contributed by atoms with Gasteiger partial charge in [-0.1, -0.05) is 78.6 Å². The van der Waals surface area contributed by atoms with E-state index in [1.165, 1.54) is 38.2 Å². The van der Waals surface area contributed by atoms with Gasteiger partial charge in [0.1, 0.15) is 0 Å².